The first-order valence-electron chi connectivity index (χ1n) is 15.5. The van der Waals surface area contributed by atoms with E-state index >= 15 is 0 Å². The number of nitrogens with one attached hydrogen (secondary N) is 1. The number of piperidine rings is 1. The maximum Gasteiger partial charge on any atom is 0.340 e. The molecule has 0 radical (unpaired) electrons. The molecule has 1 spiro atoms. The number of methoxy groups -OCH3 is 3. The number of rotatable bonds is 7. The Kier molecular flexibility index (Phi) is 7.35. The zero-order valence-corrected chi connectivity index (χ0v) is 26.0. The molecule has 6 aliphatic rings. The lowest BCUT2D eigenvalue weighted by Gasteiger charge is -2.70. The van der Waals surface area contributed by atoms with E-state index in [1.54, 1.807) is 31.4 Å². The average molecular weight is 619 g/mol. The van der Waals surface area contributed by atoms with E-state index in [-0.39, 0.29) is 47.9 Å². The van der Waals surface area contributed by atoms with Crippen molar-refractivity contribution >= 4 is 17.6 Å². The van der Waals surface area contributed by atoms with Gasteiger partial charge in [0.05, 0.1) is 23.5 Å². The zero-order valence-electron chi connectivity index (χ0n) is 26.0. The molecule has 44 heavy (non-hydrogen) atoms. The number of aliphatic hydroxyl groups is 3. The first-order chi connectivity index (χ1) is 20.4. The fourth-order valence-electron chi connectivity index (χ4n) is 11.6. The summed E-state index contributed by atoms with van der Waals surface area (Å²) in [5.41, 5.74) is -5.92. The van der Waals surface area contributed by atoms with Crippen LogP contribution in [0.3, 0.4) is 0 Å². The Bertz CT molecular complexity index is 1350. The van der Waals surface area contributed by atoms with Crippen LogP contribution in [0.25, 0.3) is 0 Å². The molecule has 1 saturated heterocycles. The lowest BCUT2D eigenvalue weighted by atomic mass is 9.44. The van der Waals surface area contributed by atoms with Crippen molar-refractivity contribution < 1.29 is 49.3 Å². The number of anilines is 1. The molecular formula is C32H46N2O10. The number of ether oxygens (including phenoxy) is 4. The van der Waals surface area contributed by atoms with Crippen molar-refractivity contribution in [3.05, 3.63) is 29.8 Å². The summed E-state index contributed by atoms with van der Waals surface area (Å²) in [5, 5.41) is 40.6. The van der Waals surface area contributed by atoms with Gasteiger partial charge in [0.2, 0.25) is 5.91 Å². The maximum atomic E-state index is 14.0. The molecule has 1 aliphatic heterocycles. The van der Waals surface area contributed by atoms with Crippen molar-refractivity contribution in [3.63, 3.8) is 0 Å². The van der Waals surface area contributed by atoms with E-state index < -0.39 is 57.8 Å². The molecule has 7 bridgehead atoms. The van der Waals surface area contributed by atoms with Crippen molar-refractivity contribution in [3.8, 4) is 0 Å². The van der Waals surface area contributed by atoms with Crippen LogP contribution in [0.1, 0.15) is 56.3 Å². The molecule has 5 aliphatic carbocycles. The molecular weight excluding hydrogens is 572 g/mol. The summed E-state index contributed by atoms with van der Waals surface area (Å²) in [6.07, 6.45) is -0.215. The van der Waals surface area contributed by atoms with Crippen molar-refractivity contribution in [2.45, 2.75) is 92.7 Å². The predicted molar refractivity (Wildman–Crippen MR) is 157 cm³/mol. The number of nitrogens with zero attached hydrogens (tertiary/aromatic N) is 1. The van der Waals surface area contributed by atoms with Crippen LogP contribution in [0.5, 0.6) is 0 Å². The summed E-state index contributed by atoms with van der Waals surface area (Å²) in [6.45, 7) is 4.58. The van der Waals surface area contributed by atoms with Crippen LogP contribution in [0.15, 0.2) is 24.3 Å². The van der Waals surface area contributed by atoms with Gasteiger partial charge in [-0.15, -0.1) is 0 Å². The summed E-state index contributed by atoms with van der Waals surface area (Å²) in [5.74, 6) is -2.08. The molecule has 6 fully saturated rings. The van der Waals surface area contributed by atoms with Gasteiger partial charge in [-0.3, -0.25) is 9.69 Å². The number of hydrogen-bond donors (Lipinski definition) is 4. The van der Waals surface area contributed by atoms with E-state index in [2.05, 4.69) is 17.1 Å². The fraction of sp³-hybridized carbons (Fsp3) is 0.750. The average Bonchev–Trinajstić information content (AvgIpc) is 3.36. The maximum absolute atomic E-state index is 14.0. The van der Waals surface area contributed by atoms with Gasteiger partial charge in [-0.25, -0.2) is 4.79 Å². The Morgan fingerprint density at radius 3 is 2.36 bits per heavy atom. The van der Waals surface area contributed by atoms with Crippen molar-refractivity contribution in [2.24, 2.45) is 23.2 Å². The minimum absolute atomic E-state index is 0. The summed E-state index contributed by atoms with van der Waals surface area (Å²) >= 11 is 0. The zero-order chi connectivity index (χ0) is 30.7. The van der Waals surface area contributed by atoms with Crippen LogP contribution in [0.4, 0.5) is 5.69 Å². The summed E-state index contributed by atoms with van der Waals surface area (Å²) < 4.78 is 24.7. The number of esters is 1. The quantitative estimate of drug-likeness (QED) is 0.315. The molecule has 12 nitrogen and oxygen atoms in total. The number of hydrogen-bond acceptors (Lipinski definition) is 10. The Morgan fingerprint density at radius 2 is 1.73 bits per heavy atom. The van der Waals surface area contributed by atoms with Crippen LogP contribution >= 0.6 is 0 Å². The second-order valence-electron chi connectivity index (χ2n) is 13.9. The number of carbonyl (C=O) groups is 2. The minimum Gasteiger partial charge on any atom is -0.454 e. The summed E-state index contributed by atoms with van der Waals surface area (Å²) in [7, 11) is 4.68. The van der Waals surface area contributed by atoms with Crippen LogP contribution in [0.2, 0.25) is 0 Å². The summed E-state index contributed by atoms with van der Waals surface area (Å²) in [6, 6.07) is 6.65. The number of likely N-dealkylation sites (N-methyl/N-ethyl adjacent to an activating group) is 1. The Hall–Kier alpha value is -2.16. The van der Waals surface area contributed by atoms with Crippen molar-refractivity contribution in [2.75, 3.05) is 39.7 Å². The van der Waals surface area contributed by atoms with Gasteiger partial charge in [-0.1, -0.05) is 19.1 Å². The van der Waals surface area contributed by atoms with Crippen molar-refractivity contribution in [1.82, 2.24) is 4.90 Å². The third-order valence-corrected chi connectivity index (χ3v) is 12.7. The number of carbonyl (C=O) groups excluding carboxylic acids is 2. The van der Waals surface area contributed by atoms with Gasteiger partial charge in [0.15, 0.2) is 0 Å². The number of likely N-dealkylation sites (tertiary alicyclic amines) is 1. The second kappa shape index (κ2) is 10.2. The highest BCUT2D eigenvalue weighted by Crippen LogP contribution is 2.79. The van der Waals surface area contributed by atoms with Crippen molar-refractivity contribution in [1.29, 1.82) is 0 Å². The van der Waals surface area contributed by atoms with Gasteiger partial charge in [-0.05, 0) is 44.4 Å². The number of para-hydroxylation sites is 1. The molecule has 1 aromatic carbocycles. The van der Waals surface area contributed by atoms with E-state index in [0.29, 0.717) is 38.0 Å². The monoisotopic (exact) mass is 618 g/mol. The van der Waals surface area contributed by atoms with Gasteiger partial charge in [0.1, 0.15) is 28.5 Å². The first-order valence-corrected chi connectivity index (χ1v) is 15.5. The second-order valence-corrected chi connectivity index (χ2v) is 13.9. The van der Waals surface area contributed by atoms with E-state index in [9.17, 15) is 24.9 Å². The molecule has 12 heteroatoms. The molecule has 12 atom stereocenters. The van der Waals surface area contributed by atoms with Crippen LogP contribution in [-0.2, 0) is 23.7 Å². The van der Waals surface area contributed by atoms with Gasteiger partial charge in [0.25, 0.3) is 0 Å². The Balaban J connectivity index is 0.00000343. The molecule has 244 valence electrons. The topological polar surface area (TPSA) is 179 Å². The van der Waals surface area contributed by atoms with Gasteiger partial charge in [-0.2, -0.15) is 0 Å². The van der Waals surface area contributed by atoms with Gasteiger partial charge in [0, 0.05) is 70.4 Å². The Morgan fingerprint density at radius 1 is 1.02 bits per heavy atom. The van der Waals surface area contributed by atoms with E-state index in [0.717, 1.165) is 0 Å². The predicted octanol–water partition coefficient (Wildman–Crippen LogP) is 0.512. The molecule has 7 rings (SSSR count). The fourth-order valence-corrected chi connectivity index (χ4v) is 11.6. The normalized spacial score (nSPS) is 48.0. The molecule has 1 heterocycles. The smallest absolute Gasteiger partial charge is 0.340 e. The SMILES string of the molecule is CCN1C[C@]2(OC(=O)c3ccccc3NC(C)=O)CC[C@H](OC)[C@]34C1[C@H](C[C@H]23)[C@@]1(O)C[C@H](OC)[C@@]2(O)C[C@@H]4[C@]1(O)[C@H]2OC.O. The first kappa shape index (κ1) is 31.8. The minimum atomic E-state index is -1.76. The third kappa shape index (κ3) is 3.46. The number of amides is 1. The molecule has 6 N–H and O–H groups in total. The lowest BCUT2D eigenvalue weighted by molar-refractivity contribution is -0.347. The highest BCUT2D eigenvalue weighted by molar-refractivity contribution is 6.00. The van der Waals surface area contributed by atoms with Crippen LogP contribution < -0.4 is 5.32 Å². The van der Waals surface area contributed by atoms with Crippen LogP contribution in [-0.4, -0.2) is 119 Å². The molecule has 1 aromatic rings. The molecule has 5 saturated carbocycles. The number of benzene rings is 1. The van der Waals surface area contributed by atoms with Gasteiger partial charge >= 0.3 is 5.97 Å². The number of fused-ring (bicyclic) bond motifs is 2. The molecule has 1 unspecified atom stereocenters. The van der Waals surface area contributed by atoms with E-state index in [1.807, 2.05) is 0 Å². The lowest BCUT2D eigenvalue weighted by Crippen LogP contribution is -2.84. The van der Waals surface area contributed by atoms with Gasteiger partial charge < -0.3 is 45.1 Å². The Labute approximate surface area is 257 Å². The van der Waals surface area contributed by atoms with E-state index in [1.165, 1.54) is 21.1 Å². The highest BCUT2D eigenvalue weighted by atomic mass is 16.6. The largest absolute Gasteiger partial charge is 0.454 e. The standard InChI is InChI=1S/C32H44N2O9.H2O/c1-6-34-16-28(43-26(36)18-9-7-8-10-20(18)33-17(2)35)12-11-23(40-3)31-21(28)13-19(25(31)34)30(38)15-24(41-4)29(37)14-22(31)32(30,39)27(29)42-5;/h7-10,19,21-25,27,37-39H,6,11-16H2,1-5H3,(H,33,35);1H2/t19-,21+,22-,23-,24-,25?,27-,28+,29-,30-,31-,32-;/m0./s1. The van der Waals surface area contributed by atoms with E-state index in [4.69, 9.17) is 18.9 Å². The van der Waals surface area contributed by atoms with Crippen LogP contribution in [0, 0.1) is 23.2 Å². The molecule has 1 amide bonds. The summed E-state index contributed by atoms with van der Waals surface area (Å²) in [4.78, 5) is 28.3. The highest BCUT2D eigenvalue weighted by Gasteiger charge is 2.91. The molecule has 0 aromatic heterocycles. The third-order valence-electron chi connectivity index (χ3n) is 12.7.